The molecular weight excluding hydrogens is 428 g/mol. The first kappa shape index (κ1) is 21.0. The van der Waals surface area contributed by atoms with Gasteiger partial charge in [-0.2, -0.15) is 0 Å². The minimum atomic E-state index is -0.169. The maximum atomic E-state index is 12.5. The molecule has 0 aliphatic rings. The Labute approximate surface area is 188 Å². The molecule has 0 spiro atoms. The van der Waals surface area contributed by atoms with Crippen molar-refractivity contribution in [1.29, 1.82) is 0 Å². The molecule has 1 N–H and O–H groups in total. The summed E-state index contributed by atoms with van der Waals surface area (Å²) in [5, 5.41) is 14.3. The molecule has 31 heavy (non-hydrogen) atoms. The molecule has 4 rings (SSSR count). The molecule has 6 nitrogen and oxygen atoms in total. The van der Waals surface area contributed by atoms with Gasteiger partial charge in [-0.1, -0.05) is 60.3 Å². The van der Waals surface area contributed by atoms with E-state index in [-0.39, 0.29) is 17.4 Å². The molecule has 2 aromatic heterocycles. The monoisotopic (exact) mass is 448 g/mol. The number of amides is 1. The second kappa shape index (κ2) is 9.72. The van der Waals surface area contributed by atoms with Crippen LogP contribution in [-0.4, -0.2) is 32.2 Å². The van der Waals surface area contributed by atoms with E-state index in [2.05, 4.69) is 27.6 Å². The van der Waals surface area contributed by atoms with Gasteiger partial charge in [-0.3, -0.25) is 14.2 Å². The number of ketones is 1. The highest BCUT2D eigenvalue weighted by Crippen LogP contribution is 2.28. The molecule has 8 heteroatoms. The smallest absolute Gasteiger partial charge is 0.234 e. The van der Waals surface area contributed by atoms with Crippen molar-refractivity contribution < 1.29 is 9.59 Å². The normalized spacial score (nSPS) is 10.7. The number of aromatic nitrogens is 3. The van der Waals surface area contributed by atoms with Crippen molar-refractivity contribution in [2.75, 3.05) is 11.1 Å². The van der Waals surface area contributed by atoms with E-state index >= 15 is 0 Å². The van der Waals surface area contributed by atoms with Crippen LogP contribution in [0.2, 0.25) is 0 Å². The van der Waals surface area contributed by atoms with Crippen LogP contribution < -0.4 is 5.32 Å². The minimum Gasteiger partial charge on any atom is -0.325 e. The number of thiophene rings is 1. The molecular formula is C23H20N4O2S2. The molecule has 0 aliphatic heterocycles. The average Bonchev–Trinajstić information content (AvgIpc) is 3.43. The maximum absolute atomic E-state index is 12.5. The fourth-order valence-corrected chi connectivity index (χ4v) is 4.49. The summed E-state index contributed by atoms with van der Waals surface area (Å²) >= 11 is 2.94. The first-order chi connectivity index (χ1) is 15.1. The number of hydrogen-bond acceptors (Lipinski definition) is 6. The van der Waals surface area contributed by atoms with Gasteiger partial charge in [0.25, 0.3) is 0 Å². The maximum Gasteiger partial charge on any atom is 0.234 e. The Bertz CT molecular complexity index is 1190. The second-order valence-electron chi connectivity index (χ2n) is 6.83. The van der Waals surface area contributed by atoms with Gasteiger partial charge in [0.05, 0.1) is 17.2 Å². The topological polar surface area (TPSA) is 76.9 Å². The lowest BCUT2D eigenvalue weighted by Crippen LogP contribution is -2.15. The van der Waals surface area contributed by atoms with Crippen molar-refractivity contribution in [2.24, 2.45) is 0 Å². The lowest BCUT2D eigenvalue weighted by molar-refractivity contribution is -0.113. The van der Waals surface area contributed by atoms with Gasteiger partial charge in [0, 0.05) is 11.3 Å². The molecule has 0 radical (unpaired) electrons. The molecule has 0 atom stereocenters. The van der Waals surface area contributed by atoms with Crippen molar-refractivity contribution in [3.8, 4) is 10.7 Å². The Morgan fingerprint density at radius 2 is 1.87 bits per heavy atom. The summed E-state index contributed by atoms with van der Waals surface area (Å²) in [5.41, 5.74) is 2.30. The van der Waals surface area contributed by atoms with Crippen molar-refractivity contribution in [2.45, 2.75) is 18.6 Å². The van der Waals surface area contributed by atoms with Gasteiger partial charge in [0.2, 0.25) is 5.91 Å². The molecule has 4 aromatic rings. The largest absolute Gasteiger partial charge is 0.325 e. The van der Waals surface area contributed by atoms with Crippen LogP contribution in [-0.2, 0) is 11.3 Å². The average molecular weight is 449 g/mol. The van der Waals surface area contributed by atoms with Crippen LogP contribution in [0.15, 0.2) is 77.3 Å². The fourth-order valence-electron chi connectivity index (χ4n) is 3.04. The van der Waals surface area contributed by atoms with Crippen LogP contribution in [0.4, 0.5) is 5.69 Å². The van der Waals surface area contributed by atoms with E-state index in [1.165, 1.54) is 18.7 Å². The summed E-state index contributed by atoms with van der Waals surface area (Å²) in [6.07, 6.45) is 0. The number of Topliss-reactive ketones (excluding diaryl/α,β-unsaturated/α-hetero) is 1. The molecule has 0 fully saturated rings. The molecule has 0 bridgehead atoms. The van der Waals surface area contributed by atoms with E-state index < -0.39 is 0 Å². The summed E-state index contributed by atoms with van der Waals surface area (Å²) in [4.78, 5) is 25.1. The van der Waals surface area contributed by atoms with Crippen molar-refractivity contribution >= 4 is 40.5 Å². The highest BCUT2D eigenvalue weighted by molar-refractivity contribution is 7.99. The molecule has 1 amide bonds. The zero-order valence-corrected chi connectivity index (χ0v) is 18.5. The van der Waals surface area contributed by atoms with E-state index in [4.69, 9.17) is 0 Å². The van der Waals surface area contributed by atoms with Gasteiger partial charge in [0.1, 0.15) is 0 Å². The van der Waals surface area contributed by atoms with E-state index in [9.17, 15) is 9.59 Å². The van der Waals surface area contributed by atoms with E-state index in [1.54, 1.807) is 35.6 Å². The highest BCUT2D eigenvalue weighted by Gasteiger charge is 2.17. The van der Waals surface area contributed by atoms with Gasteiger partial charge in [0.15, 0.2) is 16.8 Å². The Kier molecular flexibility index (Phi) is 6.59. The third-order valence-corrected chi connectivity index (χ3v) is 6.36. The molecule has 0 saturated heterocycles. The number of nitrogens with zero attached hydrogens (tertiary/aromatic N) is 3. The van der Waals surface area contributed by atoms with Crippen molar-refractivity contribution in [3.05, 3.63) is 83.2 Å². The van der Waals surface area contributed by atoms with Crippen molar-refractivity contribution in [3.63, 3.8) is 0 Å². The standard InChI is InChI=1S/C23H20N4O2S2/c1-16(28)18-9-5-10-19(13-18)24-21(29)15-31-23-26-25-22(20-11-6-12-30-20)27(23)14-17-7-3-2-4-8-17/h2-13H,14-15H2,1H3,(H,24,29). The van der Waals surface area contributed by atoms with Crippen LogP contribution in [0.25, 0.3) is 10.7 Å². The zero-order chi connectivity index (χ0) is 21.6. The van der Waals surface area contributed by atoms with E-state index in [0.29, 0.717) is 23.0 Å². The fraction of sp³-hybridized carbons (Fsp3) is 0.130. The Morgan fingerprint density at radius 3 is 2.61 bits per heavy atom. The number of anilines is 1. The first-order valence-corrected chi connectivity index (χ1v) is 11.5. The summed E-state index contributed by atoms with van der Waals surface area (Å²) in [5.74, 6) is 0.760. The molecule has 0 unspecified atom stereocenters. The minimum absolute atomic E-state index is 0.0411. The number of thioether (sulfide) groups is 1. The molecule has 0 aliphatic carbocycles. The Hall–Kier alpha value is -3.23. The third kappa shape index (κ3) is 5.28. The number of rotatable bonds is 8. The Balaban J connectivity index is 1.49. The van der Waals surface area contributed by atoms with Crippen LogP contribution in [0.5, 0.6) is 0 Å². The summed E-state index contributed by atoms with van der Waals surface area (Å²) in [7, 11) is 0. The quantitative estimate of drug-likeness (QED) is 0.304. The van der Waals surface area contributed by atoms with Gasteiger partial charge < -0.3 is 5.32 Å². The van der Waals surface area contributed by atoms with Crippen LogP contribution in [0.1, 0.15) is 22.8 Å². The second-order valence-corrected chi connectivity index (χ2v) is 8.72. The number of nitrogens with one attached hydrogen (secondary N) is 1. The summed E-state index contributed by atoms with van der Waals surface area (Å²) in [6, 6.07) is 21.0. The zero-order valence-electron chi connectivity index (χ0n) is 16.8. The van der Waals surface area contributed by atoms with Gasteiger partial charge >= 0.3 is 0 Å². The summed E-state index contributed by atoms with van der Waals surface area (Å²) < 4.78 is 2.04. The molecule has 2 aromatic carbocycles. The van der Waals surface area contributed by atoms with E-state index in [1.807, 2.05) is 40.3 Å². The third-order valence-electron chi connectivity index (χ3n) is 4.53. The van der Waals surface area contributed by atoms with E-state index in [0.717, 1.165) is 16.3 Å². The molecule has 2 heterocycles. The summed E-state index contributed by atoms with van der Waals surface area (Å²) in [6.45, 7) is 2.12. The molecule has 0 saturated carbocycles. The van der Waals surface area contributed by atoms with Crippen LogP contribution in [0, 0.1) is 0 Å². The number of hydrogen-bond donors (Lipinski definition) is 1. The van der Waals surface area contributed by atoms with Crippen molar-refractivity contribution in [1.82, 2.24) is 14.8 Å². The SMILES string of the molecule is CC(=O)c1cccc(NC(=O)CSc2nnc(-c3cccs3)n2Cc2ccccc2)c1. The predicted molar refractivity (Wildman–Crippen MR) is 125 cm³/mol. The lowest BCUT2D eigenvalue weighted by Gasteiger charge is -2.10. The highest BCUT2D eigenvalue weighted by atomic mass is 32.2. The predicted octanol–water partition coefficient (Wildman–Crippen LogP) is 4.99. The number of carbonyl (C=O) groups is 2. The van der Waals surface area contributed by atoms with Crippen LogP contribution >= 0.6 is 23.1 Å². The van der Waals surface area contributed by atoms with Gasteiger partial charge in [-0.25, -0.2) is 0 Å². The molecule has 156 valence electrons. The van der Waals surface area contributed by atoms with Crippen LogP contribution in [0.3, 0.4) is 0 Å². The number of carbonyl (C=O) groups excluding carboxylic acids is 2. The Morgan fingerprint density at radius 1 is 1.03 bits per heavy atom. The number of benzene rings is 2. The first-order valence-electron chi connectivity index (χ1n) is 9.65. The van der Waals surface area contributed by atoms with Gasteiger partial charge in [-0.05, 0) is 36.1 Å². The van der Waals surface area contributed by atoms with Gasteiger partial charge in [-0.15, -0.1) is 21.5 Å². The lowest BCUT2D eigenvalue weighted by atomic mass is 10.1.